The number of likely N-dealkylation sites (tertiary alicyclic amines) is 1. The largest absolute Gasteiger partial charge is 0.365 e. The molecular formula is C15H16FN3OS. The number of benzene rings is 1. The van der Waals surface area contributed by atoms with Crippen molar-refractivity contribution in [3.8, 4) is 0 Å². The summed E-state index contributed by atoms with van der Waals surface area (Å²) in [6, 6.07) is 6.79. The molecule has 6 heteroatoms. The summed E-state index contributed by atoms with van der Waals surface area (Å²) in [6.45, 7) is 1.19. The van der Waals surface area contributed by atoms with Crippen LogP contribution in [0.2, 0.25) is 0 Å². The average Bonchev–Trinajstić information content (AvgIpc) is 3.16. The van der Waals surface area contributed by atoms with Gasteiger partial charge in [0.2, 0.25) is 0 Å². The van der Waals surface area contributed by atoms with Crippen molar-refractivity contribution in [1.29, 1.82) is 0 Å². The minimum atomic E-state index is -0.192. The molecule has 0 bridgehead atoms. The van der Waals surface area contributed by atoms with Crippen molar-refractivity contribution in [3.05, 3.63) is 46.7 Å². The fraction of sp³-hybridized carbons (Fsp3) is 0.333. The van der Waals surface area contributed by atoms with Gasteiger partial charge in [0.1, 0.15) is 11.5 Å². The summed E-state index contributed by atoms with van der Waals surface area (Å²) in [6.07, 6.45) is 0.787. The number of nitrogens with zero attached hydrogens (tertiary/aromatic N) is 2. The second-order valence-corrected chi connectivity index (χ2v) is 5.90. The highest BCUT2D eigenvalue weighted by Gasteiger charge is 2.30. The Morgan fingerprint density at radius 2 is 2.29 bits per heavy atom. The monoisotopic (exact) mass is 305 g/mol. The summed E-state index contributed by atoms with van der Waals surface area (Å²) in [5, 5.41) is 5.40. The molecule has 0 radical (unpaired) electrons. The second kappa shape index (κ2) is 5.81. The number of thiazole rings is 1. The van der Waals surface area contributed by atoms with Crippen molar-refractivity contribution in [2.45, 2.75) is 12.3 Å². The molecule has 3 rings (SSSR count). The Hall–Kier alpha value is -1.95. The SMILES string of the molecule is CNc1nc(C(=O)N2CCC(c3ccccc3F)C2)cs1. The molecule has 1 aromatic carbocycles. The van der Waals surface area contributed by atoms with Crippen LogP contribution < -0.4 is 5.32 Å². The number of aromatic nitrogens is 1. The summed E-state index contributed by atoms with van der Waals surface area (Å²) < 4.78 is 13.8. The Morgan fingerprint density at radius 1 is 1.48 bits per heavy atom. The van der Waals surface area contributed by atoms with E-state index in [0.29, 0.717) is 24.3 Å². The molecule has 1 fully saturated rings. The van der Waals surface area contributed by atoms with Gasteiger partial charge in [-0.15, -0.1) is 11.3 Å². The maximum absolute atomic E-state index is 13.8. The van der Waals surface area contributed by atoms with Crippen LogP contribution in [-0.4, -0.2) is 35.9 Å². The van der Waals surface area contributed by atoms with Gasteiger partial charge in [-0.05, 0) is 18.1 Å². The molecule has 0 aliphatic carbocycles. The predicted molar refractivity (Wildman–Crippen MR) is 81.3 cm³/mol. The lowest BCUT2D eigenvalue weighted by atomic mass is 9.98. The number of hydrogen-bond acceptors (Lipinski definition) is 4. The first kappa shape index (κ1) is 14.0. The maximum atomic E-state index is 13.8. The van der Waals surface area contributed by atoms with E-state index in [1.807, 2.05) is 6.07 Å². The van der Waals surface area contributed by atoms with Crippen LogP contribution in [0.25, 0.3) is 0 Å². The van der Waals surface area contributed by atoms with Gasteiger partial charge >= 0.3 is 0 Å². The third-order valence-corrected chi connectivity index (χ3v) is 4.62. The van der Waals surface area contributed by atoms with Crippen LogP contribution in [0, 0.1) is 5.82 Å². The van der Waals surface area contributed by atoms with E-state index in [-0.39, 0.29) is 17.6 Å². The van der Waals surface area contributed by atoms with Gasteiger partial charge in [0.05, 0.1) is 0 Å². The molecule has 1 atom stereocenters. The van der Waals surface area contributed by atoms with E-state index in [9.17, 15) is 9.18 Å². The summed E-state index contributed by atoms with van der Waals surface area (Å²) in [5.74, 6) is -0.202. The van der Waals surface area contributed by atoms with Crippen LogP contribution in [0.1, 0.15) is 28.4 Å². The molecule has 2 aromatic rings. The Balaban J connectivity index is 1.72. The molecule has 1 saturated heterocycles. The van der Waals surface area contributed by atoms with Crippen molar-refractivity contribution in [2.75, 3.05) is 25.5 Å². The highest BCUT2D eigenvalue weighted by atomic mass is 32.1. The molecule has 1 unspecified atom stereocenters. The van der Waals surface area contributed by atoms with Crippen LogP contribution in [0.4, 0.5) is 9.52 Å². The van der Waals surface area contributed by atoms with Crippen molar-refractivity contribution < 1.29 is 9.18 Å². The fourth-order valence-electron chi connectivity index (χ4n) is 2.65. The van der Waals surface area contributed by atoms with Crippen molar-refractivity contribution in [3.63, 3.8) is 0 Å². The lowest BCUT2D eigenvalue weighted by Gasteiger charge is -2.15. The third kappa shape index (κ3) is 2.76. The van der Waals surface area contributed by atoms with E-state index in [1.165, 1.54) is 17.4 Å². The van der Waals surface area contributed by atoms with Crippen molar-refractivity contribution in [1.82, 2.24) is 9.88 Å². The van der Waals surface area contributed by atoms with Gasteiger partial charge in [-0.25, -0.2) is 9.37 Å². The normalized spacial score (nSPS) is 18.0. The first-order valence-electron chi connectivity index (χ1n) is 6.86. The first-order valence-corrected chi connectivity index (χ1v) is 7.74. The molecular weight excluding hydrogens is 289 g/mol. The molecule has 110 valence electrons. The molecule has 0 saturated carbocycles. The maximum Gasteiger partial charge on any atom is 0.273 e. The summed E-state index contributed by atoms with van der Waals surface area (Å²) in [7, 11) is 1.77. The minimum absolute atomic E-state index is 0.0672. The number of rotatable bonds is 3. The minimum Gasteiger partial charge on any atom is -0.365 e. The molecule has 2 heterocycles. The number of amides is 1. The highest BCUT2D eigenvalue weighted by Crippen LogP contribution is 2.30. The van der Waals surface area contributed by atoms with Gasteiger partial charge in [0, 0.05) is 31.4 Å². The molecule has 1 aliphatic rings. The Bertz CT molecular complexity index is 658. The molecule has 1 N–H and O–H groups in total. The Labute approximate surface area is 126 Å². The number of nitrogens with one attached hydrogen (secondary N) is 1. The van der Waals surface area contributed by atoms with E-state index >= 15 is 0 Å². The average molecular weight is 305 g/mol. The van der Waals surface area contributed by atoms with Gasteiger partial charge in [-0.1, -0.05) is 18.2 Å². The zero-order valence-corrected chi connectivity index (χ0v) is 12.5. The lowest BCUT2D eigenvalue weighted by Crippen LogP contribution is -2.28. The van der Waals surface area contributed by atoms with Crippen LogP contribution >= 0.6 is 11.3 Å². The van der Waals surface area contributed by atoms with Crippen LogP contribution in [0.3, 0.4) is 0 Å². The van der Waals surface area contributed by atoms with E-state index in [4.69, 9.17) is 0 Å². The molecule has 21 heavy (non-hydrogen) atoms. The number of halogens is 1. The molecule has 1 aromatic heterocycles. The molecule has 0 spiro atoms. The smallest absolute Gasteiger partial charge is 0.273 e. The summed E-state index contributed by atoms with van der Waals surface area (Å²) in [5.41, 5.74) is 1.15. The second-order valence-electron chi connectivity index (χ2n) is 5.05. The summed E-state index contributed by atoms with van der Waals surface area (Å²) >= 11 is 1.41. The molecule has 1 amide bonds. The summed E-state index contributed by atoms with van der Waals surface area (Å²) in [4.78, 5) is 18.4. The zero-order chi connectivity index (χ0) is 14.8. The van der Waals surface area contributed by atoms with Gasteiger partial charge in [-0.3, -0.25) is 4.79 Å². The fourth-order valence-corrected chi connectivity index (χ4v) is 3.30. The van der Waals surface area contributed by atoms with Gasteiger partial charge in [0.25, 0.3) is 5.91 Å². The number of anilines is 1. The highest BCUT2D eigenvalue weighted by molar-refractivity contribution is 7.13. The topological polar surface area (TPSA) is 45.2 Å². The third-order valence-electron chi connectivity index (χ3n) is 3.76. The molecule has 1 aliphatic heterocycles. The van der Waals surface area contributed by atoms with Crippen molar-refractivity contribution >= 4 is 22.4 Å². The Kier molecular flexibility index (Phi) is 3.88. The predicted octanol–water partition coefficient (Wildman–Crippen LogP) is 2.95. The van der Waals surface area contributed by atoms with Gasteiger partial charge in [-0.2, -0.15) is 0 Å². The van der Waals surface area contributed by atoms with E-state index in [1.54, 1.807) is 29.5 Å². The quantitative estimate of drug-likeness (QED) is 0.948. The number of hydrogen-bond donors (Lipinski definition) is 1. The van der Waals surface area contributed by atoms with E-state index in [0.717, 1.165) is 11.6 Å². The van der Waals surface area contributed by atoms with Crippen LogP contribution in [0.15, 0.2) is 29.6 Å². The van der Waals surface area contributed by atoms with E-state index in [2.05, 4.69) is 10.3 Å². The lowest BCUT2D eigenvalue weighted by molar-refractivity contribution is 0.0785. The number of carbonyl (C=O) groups is 1. The van der Waals surface area contributed by atoms with E-state index < -0.39 is 0 Å². The zero-order valence-electron chi connectivity index (χ0n) is 11.7. The van der Waals surface area contributed by atoms with Crippen LogP contribution in [0.5, 0.6) is 0 Å². The van der Waals surface area contributed by atoms with Gasteiger partial charge in [0.15, 0.2) is 5.13 Å². The van der Waals surface area contributed by atoms with Gasteiger partial charge < -0.3 is 10.2 Å². The first-order chi connectivity index (χ1) is 10.2. The van der Waals surface area contributed by atoms with Crippen LogP contribution in [-0.2, 0) is 0 Å². The number of carbonyl (C=O) groups excluding carboxylic acids is 1. The van der Waals surface area contributed by atoms with Crippen molar-refractivity contribution in [2.24, 2.45) is 0 Å². The molecule has 4 nitrogen and oxygen atoms in total. The Morgan fingerprint density at radius 3 is 3.00 bits per heavy atom. The standard InChI is InChI=1S/C15H16FN3OS/c1-17-15-18-13(9-21-15)14(20)19-7-6-10(8-19)11-4-2-3-5-12(11)16/h2-5,9-10H,6-8H2,1H3,(H,17,18).